The smallest absolute Gasteiger partial charge is 0.257 e. The first-order valence-corrected chi connectivity index (χ1v) is 7.69. The van der Waals surface area contributed by atoms with E-state index in [-0.39, 0.29) is 0 Å². The summed E-state index contributed by atoms with van der Waals surface area (Å²) in [6.45, 7) is 4.31. The summed E-state index contributed by atoms with van der Waals surface area (Å²) in [6, 6.07) is 8.18. The van der Waals surface area contributed by atoms with Gasteiger partial charge in [-0.1, -0.05) is 61.9 Å². The van der Waals surface area contributed by atoms with E-state index in [1.807, 2.05) is 12.1 Å². The highest BCUT2D eigenvalue weighted by Gasteiger charge is 2.08. The quantitative estimate of drug-likeness (QED) is 0.638. The minimum atomic E-state index is 0.631. The maximum atomic E-state index is 5.33. The standard InChI is InChI=1S/C17H24N2O/c1-3-4-5-6-7-8-9-16-18-17(20-19-16)15-12-10-14(2)11-13-15/h10-13H,3-9H2,1-2H3. The molecule has 0 aliphatic heterocycles. The lowest BCUT2D eigenvalue weighted by atomic mass is 10.1. The van der Waals surface area contributed by atoms with Crippen LogP contribution in [0.15, 0.2) is 28.8 Å². The molecule has 0 saturated heterocycles. The first-order chi connectivity index (χ1) is 9.79. The van der Waals surface area contributed by atoms with Crippen LogP contribution in [-0.4, -0.2) is 10.1 Å². The fourth-order valence-corrected chi connectivity index (χ4v) is 2.23. The number of aryl methyl sites for hydroxylation is 2. The van der Waals surface area contributed by atoms with Gasteiger partial charge in [0.25, 0.3) is 5.89 Å². The van der Waals surface area contributed by atoms with Gasteiger partial charge < -0.3 is 4.52 Å². The molecule has 0 N–H and O–H groups in total. The van der Waals surface area contributed by atoms with Gasteiger partial charge in [0.1, 0.15) is 0 Å². The van der Waals surface area contributed by atoms with Crippen molar-refractivity contribution >= 4 is 0 Å². The minimum absolute atomic E-state index is 0.631. The Bertz CT molecular complexity index is 502. The molecule has 0 aliphatic rings. The van der Waals surface area contributed by atoms with Crippen molar-refractivity contribution in [3.8, 4) is 11.5 Å². The topological polar surface area (TPSA) is 38.9 Å². The average molecular weight is 272 g/mol. The fourth-order valence-electron chi connectivity index (χ4n) is 2.23. The summed E-state index contributed by atoms with van der Waals surface area (Å²) in [4.78, 5) is 4.47. The van der Waals surface area contributed by atoms with Gasteiger partial charge >= 0.3 is 0 Å². The Morgan fingerprint density at radius 1 is 0.950 bits per heavy atom. The zero-order valence-corrected chi connectivity index (χ0v) is 12.6. The molecule has 0 radical (unpaired) electrons. The molecule has 1 heterocycles. The summed E-state index contributed by atoms with van der Waals surface area (Å²) in [5.74, 6) is 1.46. The molecule has 0 fully saturated rings. The van der Waals surface area contributed by atoms with E-state index in [1.165, 1.54) is 37.7 Å². The van der Waals surface area contributed by atoms with Crippen LogP contribution < -0.4 is 0 Å². The second kappa shape index (κ2) is 7.83. The number of unbranched alkanes of at least 4 members (excludes halogenated alkanes) is 5. The molecule has 2 rings (SSSR count). The number of hydrogen-bond acceptors (Lipinski definition) is 3. The predicted octanol–water partition coefficient (Wildman–Crippen LogP) is 4.95. The second-order valence-corrected chi connectivity index (χ2v) is 5.40. The first-order valence-electron chi connectivity index (χ1n) is 7.69. The van der Waals surface area contributed by atoms with E-state index < -0.39 is 0 Å². The van der Waals surface area contributed by atoms with Crippen molar-refractivity contribution in [2.75, 3.05) is 0 Å². The van der Waals surface area contributed by atoms with Gasteiger partial charge in [0, 0.05) is 12.0 Å². The summed E-state index contributed by atoms with van der Waals surface area (Å²) >= 11 is 0. The fraction of sp³-hybridized carbons (Fsp3) is 0.529. The molecule has 20 heavy (non-hydrogen) atoms. The number of nitrogens with zero attached hydrogens (tertiary/aromatic N) is 2. The third-order valence-electron chi connectivity index (χ3n) is 3.52. The van der Waals surface area contributed by atoms with Crippen LogP contribution in [-0.2, 0) is 6.42 Å². The van der Waals surface area contributed by atoms with Crippen molar-refractivity contribution in [1.82, 2.24) is 10.1 Å². The summed E-state index contributed by atoms with van der Waals surface area (Å²) in [5, 5.41) is 4.06. The zero-order valence-electron chi connectivity index (χ0n) is 12.6. The van der Waals surface area contributed by atoms with Crippen molar-refractivity contribution in [1.29, 1.82) is 0 Å². The number of rotatable bonds is 8. The lowest BCUT2D eigenvalue weighted by Crippen LogP contribution is -1.89. The lowest BCUT2D eigenvalue weighted by Gasteiger charge is -1.97. The number of hydrogen-bond donors (Lipinski definition) is 0. The second-order valence-electron chi connectivity index (χ2n) is 5.40. The summed E-state index contributed by atoms with van der Waals surface area (Å²) in [7, 11) is 0. The Balaban J connectivity index is 1.79. The van der Waals surface area contributed by atoms with Crippen LogP contribution in [0.2, 0.25) is 0 Å². The molecule has 108 valence electrons. The first kappa shape index (κ1) is 14.8. The molecule has 0 amide bonds. The van der Waals surface area contributed by atoms with Gasteiger partial charge in [-0.3, -0.25) is 0 Å². The van der Waals surface area contributed by atoms with Crippen molar-refractivity contribution in [2.24, 2.45) is 0 Å². The van der Waals surface area contributed by atoms with Crippen molar-refractivity contribution in [3.05, 3.63) is 35.7 Å². The molecule has 0 aliphatic carbocycles. The van der Waals surface area contributed by atoms with Gasteiger partial charge in [-0.05, 0) is 25.5 Å². The zero-order chi connectivity index (χ0) is 14.2. The van der Waals surface area contributed by atoms with E-state index >= 15 is 0 Å². The monoisotopic (exact) mass is 272 g/mol. The number of benzene rings is 1. The highest BCUT2D eigenvalue weighted by Crippen LogP contribution is 2.18. The molecule has 2 aromatic rings. The Morgan fingerprint density at radius 3 is 2.40 bits per heavy atom. The van der Waals surface area contributed by atoms with Gasteiger partial charge in [-0.15, -0.1) is 0 Å². The molecule has 0 spiro atoms. The van der Waals surface area contributed by atoms with Crippen LogP contribution in [0.3, 0.4) is 0 Å². The van der Waals surface area contributed by atoms with Crippen molar-refractivity contribution in [2.45, 2.75) is 58.8 Å². The summed E-state index contributed by atoms with van der Waals surface area (Å²) in [6.07, 6.45) is 8.63. The van der Waals surface area contributed by atoms with Crippen molar-refractivity contribution < 1.29 is 4.52 Å². The van der Waals surface area contributed by atoms with E-state index in [2.05, 4.69) is 36.1 Å². The Kier molecular flexibility index (Phi) is 5.78. The van der Waals surface area contributed by atoms with E-state index in [0.717, 1.165) is 24.2 Å². The highest BCUT2D eigenvalue weighted by atomic mass is 16.5. The Labute approximate surface area is 121 Å². The molecule has 3 heteroatoms. The normalized spacial score (nSPS) is 10.9. The van der Waals surface area contributed by atoms with E-state index in [9.17, 15) is 0 Å². The van der Waals surface area contributed by atoms with Gasteiger partial charge in [0.2, 0.25) is 0 Å². The lowest BCUT2D eigenvalue weighted by molar-refractivity contribution is 0.421. The molecular formula is C17H24N2O. The highest BCUT2D eigenvalue weighted by molar-refractivity contribution is 5.53. The SMILES string of the molecule is CCCCCCCCc1noc(-c2ccc(C)cc2)n1. The summed E-state index contributed by atoms with van der Waals surface area (Å²) < 4.78 is 5.33. The maximum Gasteiger partial charge on any atom is 0.257 e. The third-order valence-corrected chi connectivity index (χ3v) is 3.52. The Hall–Kier alpha value is -1.64. The predicted molar refractivity (Wildman–Crippen MR) is 81.6 cm³/mol. The molecule has 3 nitrogen and oxygen atoms in total. The molecule has 0 atom stereocenters. The number of aromatic nitrogens is 2. The molecule has 1 aromatic heterocycles. The van der Waals surface area contributed by atoms with Gasteiger partial charge in [0.15, 0.2) is 5.82 Å². The van der Waals surface area contributed by atoms with E-state index in [4.69, 9.17) is 4.52 Å². The van der Waals surface area contributed by atoms with Crippen LogP contribution in [0.25, 0.3) is 11.5 Å². The molecule has 1 aromatic carbocycles. The van der Waals surface area contributed by atoms with Crippen LogP contribution in [0.5, 0.6) is 0 Å². The van der Waals surface area contributed by atoms with Crippen molar-refractivity contribution in [3.63, 3.8) is 0 Å². The molecule has 0 bridgehead atoms. The third kappa shape index (κ3) is 4.48. The molecule has 0 unspecified atom stereocenters. The average Bonchev–Trinajstić information content (AvgIpc) is 2.92. The maximum absolute atomic E-state index is 5.33. The van der Waals surface area contributed by atoms with Crippen LogP contribution in [0.4, 0.5) is 0 Å². The summed E-state index contributed by atoms with van der Waals surface area (Å²) in [5.41, 5.74) is 2.23. The minimum Gasteiger partial charge on any atom is -0.334 e. The van der Waals surface area contributed by atoms with Crippen LogP contribution >= 0.6 is 0 Å². The van der Waals surface area contributed by atoms with E-state index in [0.29, 0.717) is 5.89 Å². The van der Waals surface area contributed by atoms with Gasteiger partial charge in [-0.2, -0.15) is 4.98 Å². The van der Waals surface area contributed by atoms with E-state index in [1.54, 1.807) is 0 Å². The van der Waals surface area contributed by atoms with Gasteiger partial charge in [0.05, 0.1) is 0 Å². The van der Waals surface area contributed by atoms with Crippen LogP contribution in [0, 0.1) is 6.92 Å². The largest absolute Gasteiger partial charge is 0.334 e. The Morgan fingerprint density at radius 2 is 1.65 bits per heavy atom. The molecular weight excluding hydrogens is 248 g/mol. The molecule has 0 saturated carbocycles. The van der Waals surface area contributed by atoms with Crippen LogP contribution in [0.1, 0.15) is 56.8 Å². The van der Waals surface area contributed by atoms with Gasteiger partial charge in [-0.25, -0.2) is 0 Å².